The second-order valence-electron chi connectivity index (χ2n) is 9.01. The Morgan fingerprint density at radius 2 is 1.38 bits per heavy atom. The monoisotopic (exact) mass is 550 g/mol. The van der Waals surface area contributed by atoms with Gasteiger partial charge in [-0.05, 0) is 55.2 Å². The van der Waals surface area contributed by atoms with Crippen LogP contribution < -0.4 is 48.9 Å². The van der Waals surface area contributed by atoms with E-state index in [1.54, 1.807) is 34.1 Å². The molecule has 0 fully saturated rings. The molecule has 0 aliphatic rings. The number of carboxylic acids is 1. The molecule has 8 nitrogen and oxygen atoms in total. The van der Waals surface area contributed by atoms with Crippen LogP contribution in [-0.4, -0.2) is 42.9 Å². The van der Waals surface area contributed by atoms with Crippen molar-refractivity contribution in [1.29, 1.82) is 0 Å². The molecule has 1 heterocycles. The Morgan fingerprint density at radius 3 is 1.88 bits per heavy atom. The van der Waals surface area contributed by atoms with Gasteiger partial charge in [0, 0.05) is 11.4 Å². The number of methoxy groups -OCH3 is 2. The summed E-state index contributed by atoms with van der Waals surface area (Å²) < 4.78 is 23.4. The van der Waals surface area contributed by atoms with Crippen LogP contribution in [0.25, 0.3) is 0 Å². The second-order valence-corrected chi connectivity index (χ2v) is 9.01. The Bertz CT molecular complexity index is 1340. The Balaban J connectivity index is 0.00000441. The molecule has 1 aromatic heterocycles. The third-order valence-corrected chi connectivity index (χ3v) is 6.34. The third-order valence-electron chi connectivity index (χ3n) is 6.34. The molecule has 0 spiro atoms. The van der Waals surface area contributed by atoms with Crippen LogP contribution in [0.4, 0.5) is 0 Å². The summed E-state index contributed by atoms with van der Waals surface area (Å²) in [6.45, 7) is 3.73. The van der Waals surface area contributed by atoms with Gasteiger partial charge in [0.25, 0.3) is 0 Å². The molecule has 0 N–H and O–H groups in total. The second kappa shape index (κ2) is 14.3. The van der Waals surface area contributed by atoms with Gasteiger partial charge in [-0.3, -0.25) is 0 Å². The van der Waals surface area contributed by atoms with Gasteiger partial charge in [0.2, 0.25) is 0 Å². The topological polar surface area (TPSA) is 103 Å². The molecule has 0 aliphatic heterocycles. The molecule has 3 aromatic carbocycles. The maximum atomic E-state index is 12.9. The van der Waals surface area contributed by atoms with Crippen LogP contribution in [0.5, 0.6) is 17.5 Å². The normalized spacial score (nSPS) is 11.7. The van der Waals surface area contributed by atoms with Crippen LogP contribution in [-0.2, 0) is 21.6 Å². The molecule has 0 radical (unpaired) electrons. The predicted octanol–water partition coefficient (Wildman–Crippen LogP) is 0.815. The summed E-state index contributed by atoms with van der Waals surface area (Å²) in [6, 6.07) is 25.5. The average molecular weight is 551 g/mol. The van der Waals surface area contributed by atoms with E-state index in [1.807, 2.05) is 78.9 Å². The number of aryl methyl sites for hydroxylation is 2. The number of aromatic nitrogens is 2. The molecule has 40 heavy (non-hydrogen) atoms. The molecule has 0 amide bonds. The zero-order valence-corrected chi connectivity index (χ0v) is 25.4. The minimum Gasteiger partial charge on any atom is -0.546 e. The van der Waals surface area contributed by atoms with Crippen molar-refractivity contribution >= 4 is 5.97 Å². The third kappa shape index (κ3) is 7.01. The van der Waals surface area contributed by atoms with E-state index in [0.717, 1.165) is 5.56 Å². The molecule has 0 aliphatic carbocycles. The number of rotatable bonds is 12. The van der Waals surface area contributed by atoms with Crippen molar-refractivity contribution in [2.24, 2.45) is 0 Å². The Hall–Kier alpha value is -3.43. The molecule has 4 aromatic rings. The van der Waals surface area contributed by atoms with Crippen LogP contribution in [0.3, 0.4) is 0 Å². The number of benzene rings is 3. The number of carbonyl (C=O) groups is 1. The van der Waals surface area contributed by atoms with E-state index in [0.29, 0.717) is 40.4 Å². The van der Waals surface area contributed by atoms with Crippen LogP contribution in [0, 0.1) is 13.8 Å². The molecule has 9 heteroatoms. The van der Waals surface area contributed by atoms with Crippen LogP contribution in [0.1, 0.15) is 28.1 Å². The Labute approximate surface area is 256 Å². The van der Waals surface area contributed by atoms with Gasteiger partial charge in [0.1, 0.15) is 0 Å². The van der Waals surface area contributed by atoms with E-state index in [2.05, 4.69) is 9.97 Å². The summed E-state index contributed by atoms with van der Waals surface area (Å²) in [5, 5.41) is 12.9. The molecular formula is C31H31N2NaO6. The number of carbonyl (C=O) groups excluding carboxylic acids is 1. The van der Waals surface area contributed by atoms with E-state index in [9.17, 15) is 9.90 Å². The summed E-state index contributed by atoms with van der Waals surface area (Å²) in [5.41, 5.74) is 1.80. The fourth-order valence-electron chi connectivity index (χ4n) is 4.60. The van der Waals surface area contributed by atoms with E-state index in [1.165, 1.54) is 0 Å². The number of carboxylic acid groups (broad SMARTS) is 1. The summed E-state index contributed by atoms with van der Waals surface area (Å²) in [5.74, 6) is -0.254. The summed E-state index contributed by atoms with van der Waals surface area (Å²) in [4.78, 5) is 21.5. The number of nitrogens with zero attached hydrogens (tertiary/aromatic N) is 2. The van der Waals surface area contributed by atoms with E-state index in [-0.39, 0.29) is 42.2 Å². The molecule has 0 bridgehead atoms. The first-order valence-electron chi connectivity index (χ1n) is 12.5. The number of hydrogen-bond acceptors (Lipinski definition) is 8. The summed E-state index contributed by atoms with van der Waals surface area (Å²) in [7, 11) is 3.15. The number of hydrogen-bond donors (Lipinski definition) is 0. The Kier molecular flexibility index (Phi) is 11.1. The van der Waals surface area contributed by atoms with Gasteiger partial charge in [-0.25, -0.2) is 9.97 Å². The van der Waals surface area contributed by atoms with E-state index in [4.69, 9.17) is 18.9 Å². The minimum absolute atomic E-state index is 0. The van der Waals surface area contributed by atoms with Gasteiger partial charge in [0.15, 0.2) is 23.2 Å². The van der Waals surface area contributed by atoms with Gasteiger partial charge in [-0.1, -0.05) is 66.7 Å². The standard InChI is InChI=1S/C31H32N2O6.Na/c1-21-19-22(2)33-30(32-21)39-28(29(34)35)31(24-11-7-5-8-12-24,25-13-9-6-10-14-25)38-18-17-23-15-16-26(36-3)27(20-23)37-4;/h5-16,19-20,28H,17-18H2,1-4H3,(H,34,35);/q;+1/p-1. The minimum atomic E-state index is -1.62. The van der Waals surface area contributed by atoms with E-state index < -0.39 is 17.7 Å². The molecule has 202 valence electrons. The van der Waals surface area contributed by atoms with Gasteiger partial charge in [0.05, 0.1) is 26.8 Å². The zero-order valence-electron chi connectivity index (χ0n) is 23.4. The van der Waals surface area contributed by atoms with Crippen molar-refractivity contribution in [3.8, 4) is 17.5 Å². The summed E-state index contributed by atoms with van der Waals surface area (Å²) >= 11 is 0. The maximum Gasteiger partial charge on any atom is 1.00 e. The predicted molar refractivity (Wildman–Crippen MR) is 144 cm³/mol. The van der Waals surface area contributed by atoms with Crippen molar-refractivity contribution in [1.82, 2.24) is 9.97 Å². The van der Waals surface area contributed by atoms with Crippen LogP contribution in [0.15, 0.2) is 84.9 Å². The van der Waals surface area contributed by atoms with Gasteiger partial charge in [-0.2, -0.15) is 0 Å². The SMILES string of the molecule is COc1ccc(CCOC(c2ccccc2)(c2ccccc2)C(Oc2nc(C)cc(C)n2)C(=O)[O-])cc1OC.[Na+]. The molecular weight excluding hydrogens is 519 g/mol. The number of aliphatic carboxylic acids is 1. The first-order chi connectivity index (χ1) is 18.9. The van der Waals surface area contributed by atoms with Gasteiger partial charge >= 0.3 is 35.6 Å². The number of ether oxygens (including phenoxy) is 4. The van der Waals surface area contributed by atoms with Crippen LogP contribution >= 0.6 is 0 Å². The molecule has 1 unspecified atom stereocenters. The zero-order chi connectivity index (χ0) is 27.8. The molecule has 0 saturated carbocycles. The van der Waals surface area contributed by atoms with Crippen molar-refractivity contribution in [2.45, 2.75) is 32.0 Å². The molecule has 1 atom stereocenters. The smallest absolute Gasteiger partial charge is 0.546 e. The summed E-state index contributed by atoms with van der Waals surface area (Å²) in [6.07, 6.45) is -1.16. The molecule has 4 rings (SSSR count). The van der Waals surface area contributed by atoms with E-state index >= 15 is 0 Å². The van der Waals surface area contributed by atoms with Crippen molar-refractivity contribution in [3.63, 3.8) is 0 Å². The Morgan fingerprint density at radius 1 is 0.825 bits per heavy atom. The van der Waals surface area contributed by atoms with Gasteiger partial charge in [-0.15, -0.1) is 0 Å². The quantitative estimate of drug-likeness (QED) is 0.239. The fourth-order valence-corrected chi connectivity index (χ4v) is 4.60. The largest absolute Gasteiger partial charge is 1.00 e. The fraction of sp³-hybridized carbons (Fsp3) is 0.258. The maximum absolute atomic E-state index is 12.9. The van der Waals surface area contributed by atoms with Crippen molar-refractivity contribution in [2.75, 3.05) is 20.8 Å². The first-order valence-corrected chi connectivity index (χ1v) is 12.5. The van der Waals surface area contributed by atoms with Crippen molar-refractivity contribution < 1.29 is 58.4 Å². The first kappa shape index (κ1) is 31.1. The molecule has 0 saturated heterocycles. The van der Waals surface area contributed by atoms with Gasteiger partial charge < -0.3 is 28.8 Å². The average Bonchev–Trinajstić information content (AvgIpc) is 2.94. The van der Waals surface area contributed by atoms with Crippen LogP contribution in [0.2, 0.25) is 0 Å². The van der Waals surface area contributed by atoms with Crippen molar-refractivity contribution in [3.05, 3.63) is 113 Å².